The number of amides is 1. The van der Waals surface area contributed by atoms with Crippen LogP contribution in [0.4, 0.5) is 19.0 Å². The molecular weight excluding hydrogens is 493 g/mol. The van der Waals surface area contributed by atoms with Crippen molar-refractivity contribution < 1.29 is 32.9 Å². The van der Waals surface area contributed by atoms with Gasteiger partial charge in [0.05, 0.1) is 24.1 Å². The Kier molecular flexibility index (Phi) is 7.84. The highest BCUT2D eigenvalue weighted by Gasteiger charge is 2.34. The van der Waals surface area contributed by atoms with Gasteiger partial charge in [-0.05, 0) is 18.2 Å². The third kappa shape index (κ3) is 5.65. The van der Waals surface area contributed by atoms with Crippen LogP contribution in [-0.4, -0.2) is 60.0 Å². The van der Waals surface area contributed by atoms with Gasteiger partial charge in [0.25, 0.3) is 11.8 Å². The first kappa shape index (κ1) is 25.8. The number of aliphatic hydroxyl groups is 2. The van der Waals surface area contributed by atoms with E-state index >= 15 is 0 Å². The predicted octanol–water partition coefficient (Wildman–Crippen LogP) is 2.61. The quantitative estimate of drug-likeness (QED) is 0.345. The van der Waals surface area contributed by atoms with Crippen molar-refractivity contribution in [3.05, 3.63) is 66.2 Å². The molecule has 1 atom stereocenters. The second-order valence-electron chi connectivity index (χ2n) is 6.99. The van der Waals surface area contributed by atoms with Crippen LogP contribution in [0.2, 0.25) is 0 Å². The van der Waals surface area contributed by atoms with Crippen LogP contribution in [-0.2, 0) is 6.18 Å². The molecular formula is C21H18ClF3N6O4. The highest BCUT2D eigenvalue weighted by atomic mass is 35.5. The van der Waals surface area contributed by atoms with E-state index in [9.17, 15) is 23.1 Å². The van der Waals surface area contributed by atoms with Gasteiger partial charge in [-0.2, -0.15) is 27.8 Å². The van der Waals surface area contributed by atoms with Crippen molar-refractivity contribution in [3.63, 3.8) is 0 Å². The monoisotopic (exact) mass is 510 g/mol. The van der Waals surface area contributed by atoms with E-state index in [-0.39, 0.29) is 53.3 Å². The summed E-state index contributed by atoms with van der Waals surface area (Å²) >= 11 is 0. The molecule has 0 spiro atoms. The average molecular weight is 511 g/mol. The number of nitrogens with zero attached hydrogens (tertiary/aromatic N) is 5. The molecule has 3 heterocycles. The summed E-state index contributed by atoms with van der Waals surface area (Å²) in [7, 11) is 0. The molecule has 10 nitrogen and oxygen atoms in total. The normalized spacial score (nSPS) is 12.1. The number of hydrogen-bond acceptors (Lipinski definition) is 8. The molecule has 3 aromatic heterocycles. The Labute approximate surface area is 201 Å². The van der Waals surface area contributed by atoms with Gasteiger partial charge in [-0.15, -0.1) is 12.4 Å². The number of nitrogens with one attached hydrogen (secondary N) is 1. The van der Waals surface area contributed by atoms with Crippen LogP contribution in [0.3, 0.4) is 0 Å². The number of halogens is 4. The number of hydrogen-bond donors (Lipinski definition) is 3. The molecule has 0 unspecified atom stereocenters. The maximum Gasteiger partial charge on any atom is 0.417 e. The van der Waals surface area contributed by atoms with Crippen LogP contribution in [0.5, 0.6) is 5.88 Å². The van der Waals surface area contributed by atoms with E-state index in [0.717, 1.165) is 10.6 Å². The Morgan fingerprint density at radius 1 is 1.17 bits per heavy atom. The number of aliphatic hydroxyl groups excluding tert-OH is 2. The summed E-state index contributed by atoms with van der Waals surface area (Å²) in [5.41, 5.74) is -0.979. The summed E-state index contributed by atoms with van der Waals surface area (Å²) in [6.45, 7) is -0.941. The van der Waals surface area contributed by atoms with E-state index in [1.165, 1.54) is 48.9 Å². The zero-order chi connectivity index (χ0) is 24.3. The van der Waals surface area contributed by atoms with Gasteiger partial charge in [-0.1, -0.05) is 18.2 Å². The van der Waals surface area contributed by atoms with Gasteiger partial charge in [-0.25, -0.2) is 4.98 Å². The molecule has 0 saturated carbocycles. The molecule has 14 heteroatoms. The van der Waals surface area contributed by atoms with Crippen molar-refractivity contribution >= 4 is 29.8 Å². The zero-order valence-electron chi connectivity index (χ0n) is 17.7. The van der Waals surface area contributed by atoms with Crippen molar-refractivity contribution in [2.45, 2.75) is 12.3 Å². The first-order chi connectivity index (χ1) is 16.3. The predicted molar refractivity (Wildman–Crippen MR) is 119 cm³/mol. The number of aromatic nitrogens is 5. The van der Waals surface area contributed by atoms with Gasteiger partial charge >= 0.3 is 6.18 Å². The summed E-state index contributed by atoms with van der Waals surface area (Å²) in [6.07, 6.45) is -1.94. The Hall–Kier alpha value is -3.81. The lowest BCUT2D eigenvalue weighted by Crippen LogP contribution is -2.22. The van der Waals surface area contributed by atoms with Crippen LogP contribution in [0.1, 0.15) is 16.1 Å². The molecule has 3 N–H and O–H groups in total. The molecule has 4 rings (SSSR count). The van der Waals surface area contributed by atoms with Crippen molar-refractivity contribution in [1.82, 2.24) is 24.6 Å². The number of imidazole rings is 1. The number of carbonyl (C=O) groups excluding carboxylic acids is 1. The fourth-order valence-corrected chi connectivity index (χ4v) is 3.03. The van der Waals surface area contributed by atoms with Gasteiger partial charge in [0, 0.05) is 18.0 Å². The van der Waals surface area contributed by atoms with Gasteiger partial charge in [-0.3, -0.25) is 9.78 Å². The van der Waals surface area contributed by atoms with Crippen molar-refractivity contribution in [2.75, 3.05) is 18.5 Å². The molecule has 0 aliphatic rings. The maximum absolute atomic E-state index is 13.5. The van der Waals surface area contributed by atoms with E-state index in [1.54, 1.807) is 0 Å². The molecule has 0 bridgehead atoms. The fourth-order valence-electron chi connectivity index (χ4n) is 3.03. The number of rotatable bonds is 7. The highest BCUT2D eigenvalue weighted by Crippen LogP contribution is 2.36. The van der Waals surface area contributed by atoms with Gasteiger partial charge < -0.3 is 20.3 Å². The van der Waals surface area contributed by atoms with Crippen LogP contribution >= 0.6 is 12.4 Å². The number of carbonyl (C=O) groups is 1. The third-order valence-corrected chi connectivity index (χ3v) is 4.60. The number of benzene rings is 1. The van der Waals surface area contributed by atoms with Crippen molar-refractivity contribution in [2.24, 2.45) is 0 Å². The Balaban J connectivity index is 0.00000342. The molecule has 0 aliphatic heterocycles. The molecule has 35 heavy (non-hydrogen) atoms. The first-order valence-electron chi connectivity index (χ1n) is 9.83. The van der Waals surface area contributed by atoms with E-state index < -0.39 is 30.4 Å². The molecule has 0 radical (unpaired) electrons. The molecule has 0 aliphatic carbocycles. The molecule has 4 aromatic rings. The van der Waals surface area contributed by atoms with Gasteiger partial charge in [0.1, 0.15) is 18.4 Å². The lowest BCUT2D eigenvalue weighted by molar-refractivity contribution is -0.137. The largest absolute Gasteiger partial charge is 0.472 e. The lowest BCUT2D eigenvalue weighted by Gasteiger charge is -2.13. The second kappa shape index (κ2) is 10.6. The molecule has 0 fully saturated rings. The van der Waals surface area contributed by atoms with Crippen LogP contribution < -0.4 is 10.1 Å². The summed E-state index contributed by atoms with van der Waals surface area (Å²) in [6, 6.07) is 7.70. The number of ether oxygens (including phenoxy) is 1. The Morgan fingerprint density at radius 3 is 2.63 bits per heavy atom. The minimum absolute atomic E-state index is 0. The van der Waals surface area contributed by atoms with E-state index in [4.69, 9.17) is 9.84 Å². The molecule has 1 amide bonds. The van der Waals surface area contributed by atoms with E-state index in [2.05, 4.69) is 25.4 Å². The van der Waals surface area contributed by atoms with Gasteiger partial charge in [0.2, 0.25) is 0 Å². The maximum atomic E-state index is 13.5. The number of fused-ring (bicyclic) bond motifs is 1. The number of alkyl halides is 3. The van der Waals surface area contributed by atoms with Crippen LogP contribution in [0.25, 0.3) is 16.9 Å². The minimum Gasteiger partial charge on any atom is -0.472 e. The fraction of sp³-hybridized carbons (Fsp3) is 0.190. The van der Waals surface area contributed by atoms with E-state index in [1.807, 2.05) is 0 Å². The molecule has 1 aromatic carbocycles. The molecule has 0 saturated heterocycles. The minimum atomic E-state index is -4.61. The Bertz CT molecular complexity index is 1320. The SMILES string of the molecule is Cl.O=C(Nc1c(OC[C@@H](O)CO)nc2ccc(-c3ccccc3C(F)(F)F)nn12)c1cnccn1. The van der Waals surface area contributed by atoms with E-state index in [0.29, 0.717) is 0 Å². The smallest absolute Gasteiger partial charge is 0.417 e. The Morgan fingerprint density at radius 2 is 1.94 bits per heavy atom. The summed E-state index contributed by atoms with van der Waals surface area (Å²) in [4.78, 5) is 24.6. The average Bonchev–Trinajstić information content (AvgIpc) is 3.18. The highest BCUT2D eigenvalue weighted by molar-refractivity contribution is 6.03. The summed E-state index contributed by atoms with van der Waals surface area (Å²) in [5.74, 6) is -0.981. The standard InChI is InChI=1S/C21H17F3N6O4.ClH/c22-21(23,24)14-4-2-1-3-13(14)15-5-6-17-27-20(34-11-12(32)10-31)18(30(17)29-15)28-19(33)16-9-25-7-8-26-16;/h1-9,12,31-32H,10-11H2,(H,28,33);1H/t12-;/m0./s1. The topological polar surface area (TPSA) is 135 Å². The van der Waals surface area contributed by atoms with Crippen LogP contribution in [0.15, 0.2) is 55.0 Å². The zero-order valence-corrected chi connectivity index (χ0v) is 18.5. The summed E-state index contributed by atoms with van der Waals surface area (Å²) < 4.78 is 47.1. The van der Waals surface area contributed by atoms with Crippen molar-refractivity contribution in [1.29, 1.82) is 0 Å². The second-order valence-corrected chi connectivity index (χ2v) is 6.99. The van der Waals surface area contributed by atoms with Crippen molar-refractivity contribution in [3.8, 4) is 17.1 Å². The van der Waals surface area contributed by atoms with Gasteiger partial charge in [0.15, 0.2) is 11.5 Å². The summed E-state index contributed by atoms with van der Waals surface area (Å²) in [5, 5.41) is 25.4. The third-order valence-electron chi connectivity index (χ3n) is 4.60. The first-order valence-corrected chi connectivity index (χ1v) is 9.83. The lowest BCUT2D eigenvalue weighted by atomic mass is 10.0. The number of anilines is 1. The van der Waals surface area contributed by atoms with Crippen LogP contribution in [0, 0.1) is 0 Å². The molecule has 184 valence electrons.